The highest BCUT2D eigenvalue weighted by Crippen LogP contribution is 2.29. The topological polar surface area (TPSA) is 83.8 Å². The molecule has 0 bridgehead atoms. The first-order valence-electron chi connectivity index (χ1n) is 9.87. The summed E-state index contributed by atoms with van der Waals surface area (Å²) in [4.78, 5) is 27.0. The van der Waals surface area contributed by atoms with Gasteiger partial charge in [-0.15, -0.1) is 0 Å². The van der Waals surface area contributed by atoms with Crippen molar-refractivity contribution in [3.63, 3.8) is 0 Å². The van der Waals surface area contributed by atoms with E-state index in [2.05, 4.69) is 10.6 Å². The lowest BCUT2D eigenvalue weighted by molar-refractivity contribution is -0.0694. The Labute approximate surface area is 168 Å². The van der Waals surface area contributed by atoms with Crippen molar-refractivity contribution in [1.82, 2.24) is 4.90 Å². The molecule has 2 aliphatic rings. The number of carbonyl (C=O) groups excluding carboxylic acids is 2. The molecular formula is C21H24FN3O4. The molecule has 3 amide bonds. The van der Waals surface area contributed by atoms with Crippen LogP contribution in [-0.2, 0) is 4.74 Å². The second-order valence-corrected chi connectivity index (χ2v) is 7.42. The van der Waals surface area contributed by atoms with Gasteiger partial charge in [-0.25, -0.2) is 9.18 Å². The Kier molecular flexibility index (Phi) is 5.53. The number of morpholine rings is 1. The van der Waals surface area contributed by atoms with Gasteiger partial charge in [0.15, 0.2) is 0 Å². The smallest absolute Gasteiger partial charge is 0.322 e. The number of urea groups is 1. The minimum atomic E-state index is -0.587. The average Bonchev–Trinajstić information content (AvgIpc) is 3.16. The Bertz CT molecular complexity index is 911. The fourth-order valence-electron chi connectivity index (χ4n) is 4.05. The van der Waals surface area contributed by atoms with Crippen molar-refractivity contribution in [2.45, 2.75) is 44.8 Å². The number of carbonyl (C=O) groups is 2. The van der Waals surface area contributed by atoms with Crippen molar-refractivity contribution >= 4 is 23.3 Å². The molecule has 8 heteroatoms. The fraction of sp³-hybridized carbons (Fsp3) is 0.429. The summed E-state index contributed by atoms with van der Waals surface area (Å²) in [6.07, 6.45) is 5.58. The van der Waals surface area contributed by atoms with Crippen LogP contribution in [0, 0.1) is 12.7 Å². The van der Waals surface area contributed by atoms with Crippen LogP contribution in [0.15, 0.2) is 34.9 Å². The molecule has 4 rings (SSSR count). The van der Waals surface area contributed by atoms with Crippen molar-refractivity contribution < 1.29 is 23.1 Å². The van der Waals surface area contributed by atoms with Gasteiger partial charge in [-0.1, -0.05) is 12.8 Å². The van der Waals surface area contributed by atoms with Crippen LogP contribution in [0.25, 0.3) is 0 Å². The number of aryl methyl sites for hydroxylation is 1. The van der Waals surface area contributed by atoms with Gasteiger partial charge in [-0.2, -0.15) is 0 Å². The molecule has 0 radical (unpaired) electrons. The summed E-state index contributed by atoms with van der Waals surface area (Å²) in [7, 11) is 0. The minimum absolute atomic E-state index is 0.00841. The number of rotatable bonds is 3. The molecule has 1 aliphatic heterocycles. The molecule has 7 nitrogen and oxygen atoms in total. The zero-order chi connectivity index (χ0) is 20.4. The molecular weight excluding hydrogens is 377 g/mol. The molecule has 1 saturated carbocycles. The quantitative estimate of drug-likeness (QED) is 0.809. The van der Waals surface area contributed by atoms with Gasteiger partial charge in [-0.3, -0.25) is 4.79 Å². The fourth-order valence-corrected chi connectivity index (χ4v) is 4.05. The summed E-state index contributed by atoms with van der Waals surface area (Å²) in [6, 6.07) is 5.47. The standard InChI is InChI=1S/C21H24FN3O4/c1-13-15(8-10-28-13)20(26)24-17-12-14(6-7-16(17)22)23-21(27)25-9-11-29-19-5-3-2-4-18(19)25/h6-8,10,12,18-19H,2-5,9,11H2,1H3,(H,23,27)(H,24,26)/t18-,19+/m0/s1. The highest BCUT2D eigenvalue weighted by molar-refractivity contribution is 6.05. The lowest BCUT2D eigenvalue weighted by Gasteiger charge is -2.43. The van der Waals surface area contributed by atoms with Crippen LogP contribution < -0.4 is 10.6 Å². The molecule has 1 aromatic heterocycles. The molecule has 2 atom stereocenters. The monoisotopic (exact) mass is 401 g/mol. The van der Waals surface area contributed by atoms with Gasteiger partial charge in [0.05, 0.1) is 36.3 Å². The SMILES string of the molecule is Cc1occc1C(=O)Nc1cc(NC(=O)N2CCO[C@@H]3CCCC[C@@H]32)ccc1F. The van der Waals surface area contributed by atoms with E-state index in [0.717, 1.165) is 25.7 Å². The van der Waals surface area contributed by atoms with Crippen LogP contribution in [0.2, 0.25) is 0 Å². The molecule has 2 heterocycles. The normalized spacial score (nSPS) is 21.4. The van der Waals surface area contributed by atoms with Crippen LogP contribution in [0.4, 0.5) is 20.6 Å². The number of amides is 3. The van der Waals surface area contributed by atoms with E-state index in [-0.39, 0.29) is 23.9 Å². The van der Waals surface area contributed by atoms with Gasteiger partial charge < -0.3 is 24.7 Å². The third-order valence-corrected chi connectivity index (χ3v) is 5.56. The molecule has 2 fully saturated rings. The largest absolute Gasteiger partial charge is 0.469 e. The van der Waals surface area contributed by atoms with E-state index < -0.39 is 11.7 Å². The number of anilines is 2. The van der Waals surface area contributed by atoms with Gasteiger partial charge >= 0.3 is 6.03 Å². The second kappa shape index (κ2) is 8.24. The maximum absolute atomic E-state index is 14.2. The van der Waals surface area contributed by atoms with Gasteiger partial charge in [-0.05, 0) is 44.0 Å². The molecule has 1 aromatic carbocycles. The highest BCUT2D eigenvalue weighted by Gasteiger charge is 2.36. The first kappa shape index (κ1) is 19.4. The molecule has 29 heavy (non-hydrogen) atoms. The first-order valence-corrected chi connectivity index (χ1v) is 9.87. The summed E-state index contributed by atoms with van der Waals surface area (Å²) in [5.74, 6) is -0.616. The number of fused-ring (bicyclic) bond motifs is 1. The van der Waals surface area contributed by atoms with Crippen LogP contribution in [0.3, 0.4) is 0 Å². The minimum Gasteiger partial charge on any atom is -0.469 e. The van der Waals surface area contributed by atoms with E-state index in [0.29, 0.717) is 30.2 Å². The van der Waals surface area contributed by atoms with Crippen molar-refractivity contribution in [2.24, 2.45) is 0 Å². The third kappa shape index (κ3) is 4.12. The van der Waals surface area contributed by atoms with Gasteiger partial charge in [0, 0.05) is 12.2 Å². The maximum Gasteiger partial charge on any atom is 0.322 e. The highest BCUT2D eigenvalue weighted by atomic mass is 19.1. The van der Waals surface area contributed by atoms with E-state index in [1.165, 1.54) is 30.5 Å². The number of nitrogens with one attached hydrogen (secondary N) is 2. The van der Waals surface area contributed by atoms with Crippen LogP contribution in [0.1, 0.15) is 41.8 Å². The Morgan fingerprint density at radius 1 is 1.17 bits per heavy atom. The van der Waals surface area contributed by atoms with Crippen molar-refractivity contribution in [3.8, 4) is 0 Å². The zero-order valence-corrected chi connectivity index (χ0v) is 16.2. The van der Waals surface area contributed by atoms with E-state index in [1.54, 1.807) is 6.92 Å². The van der Waals surface area contributed by atoms with Crippen molar-refractivity contribution in [2.75, 3.05) is 23.8 Å². The molecule has 1 saturated heterocycles. The summed E-state index contributed by atoms with van der Waals surface area (Å²) < 4.78 is 25.1. The van der Waals surface area contributed by atoms with Crippen molar-refractivity contribution in [3.05, 3.63) is 47.7 Å². The summed E-state index contributed by atoms with van der Waals surface area (Å²) in [5.41, 5.74) is 0.732. The Hall–Kier alpha value is -2.87. The second-order valence-electron chi connectivity index (χ2n) is 7.42. The van der Waals surface area contributed by atoms with E-state index in [4.69, 9.17) is 9.15 Å². The first-order chi connectivity index (χ1) is 14.0. The van der Waals surface area contributed by atoms with E-state index in [9.17, 15) is 14.0 Å². The van der Waals surface area contributed by atoms with E-state index >= 15 is 0 Å². The molecule has 0 spiro atoms. The molecule has 2 N–H and O–H groups in total. The molecule has 1 aliphatic carbocycles. The molecule has 0 unspecified atom stereocenters. The lowest BCUT2D eigenvalue weighted by atomic mass is 9.90. The lowest BCUT2D eigenvalue weighted by Crippen LogP contribution is -2.55. The number of nitrogens with zero attached hydrogens (tertiary/aromatic N) is 1. The predicted molar refractivity (Wildman–Crippen MR) is 106 cm³/mol. The number of furan rings is 1. The summed E-state index contributed by atoms with van der Waals surface area (Å²) in [5, 5.41) is 5.36. The number of benzene rings is 1. The van der Waals surface area contributed by atoms with Gasteiger partial charge in [0.2, 0.25) is 0 Å². The number of halogens is 1. The van der Waals surface area contributed by atoms with Gasteiger partial charge in [0.25, 0.3) is 5.91 Å². The number of hydrogen-bond donors (Lipinski definition) is 2. The Morgan fingerprint density at radius 3 is 2.79 bits per heavy atom. The predicted octanol–water partition coefficient (Wildman–Crippen LogP) is 4.15. The number of ether oxygens (including phenoxy) is 1. The van der Waals surface area contributed by atoms with Crippen LogP contribution >= 0.6 is 0 Å². The average molecular weight is 401 g/mol. The maximum atomic E-state index is 14.2. The summed E-state index contributed by atoms with van der Waals surface area (Å²) in [6.45, 7) is 2.70. The molecule has 154 valence electrons. The van der Waals surface area contributed by atoms with Crippen LogP contribution in [-0.4, -0.2) is 42.1 Å². The van der Waals surface area contributed by atoms with E-state index in [1.807, 2.05) is 4.90 Å². The molecule has 2 aromatic rings. The van der Waals surface area contributed by atoms with Crippen LogP contribution in [0.5, 0.6) is 0 Å². The van der Waals surface area contributed by atoms with Crippen molar-refractivity contribution in [1.29, 1.82) is 0 Å². The Morgan fingerprint density at radius 2 is 2.00 bits per heavy atom. The summed E-state index contributed by atoms with van der Waals surface area (Å²) >= 11 is 0. The Balaban J connectivity index is 1.46. The zero-order valence-electron chi connectivity index (χ0n) is 16.2. The third-order valence-electron chi connectivity index (χ3n) is 5.56. The number of hydrogen-bond acceptors (Lipinski definition) is 4. The van der Waals surface area contributed by atoms with Gasteiger partial charge in [0.1, 0.15) is 11.6 Å².